The Hall–Kier alpha value is -3.90. The van der Waals surface area contributed by atoms with Gasteiger partial charge in [-0.05, 0) is 48.7 Å². The molecule has 0 radical (unpaired) electrons. The molecule has 0 aliphatic rings. The number of amides is 1. The van der Waals surface area contributed by atoms with Crippen LogP contribution in [0.3, 0.4) is 0 Å². The van der Waals surface area contributed by atoms with Crippen molar-refractivity contribution in [3.63, 3.8) is 0 Å². The summed E-state index contributed by atoms with van der Waals surface area (Å²) in [6.45, 7) is 1.82. The molecule has 0 aliphatic heterocycles. The average molecular weight is 469 g/mol. The van der Waals surface area contributed by atoms with Crippen molar-refractivity contribution < 1.29 is 23.1 Å². The summed E-state index contributed by atoms with van der Waals surface area (Å²) in [7, 11) is 0. The second-order valence-electron chi connectivity index (χ2n) is 7.68. The highest BCUT2D eigenvalue weighted by Gasteiger charge is 2.31. The minimum atomic E-state index is -4.59. The second-order valence-corrected chi connectivity index (χ2v) is 7.68. The molecular formula is C25H22F3N3O3. The topological polar surface area (TPSA) is 95.1 Å². The van der Waals surface area contributed by atoms with Gasteiger partial charge in [-0.15, -0.1) is 0 Å². The number of hydrogen-bond donors (Lipinski definition) is 2. The fraction of sp³-hybridized carbons (Fsp3) is 0.240. The van der Waals surface area contributed by atoms with Gasteiger partial charge in [0.25, 0.3) is 5.91 Å². The van der Waals surface area contributed by atoms with Crippen molar-refractivity contribution in [1.29, 1.82) is 5.26 Å². The summed E-state index contributed by atoms with van der Waals surface area (Å²) in [6.07, 6.45) is -2.93. The van der Waals surface area contributed by atoms with Crippen molar-refractivity contribution in [2.75, 3.05) is 13.2 Å². The first kappa shape index (κ1) is 24.7. The number of benzene rings is 2. The number of aromatic nitrogens is 1. The van der Waals surface area contributed by atoms with E-state index in [4.69, 9.17) is 10.4 Å². The molecule has 1 aromatic heterocycles. The van der Waals surface area contributed by atoms with Gasteiger partial charge in [0, 0.05) is 37.2 Å². The van der Waals surface area contributed by atoms with Crippen LogP contribution in [0.15, 0.2) is 59.5 Å². The predicted molar refractivity (Wildman–Crippen MR) is 120 cm³/mol. The van der Waals surface area contributed by atoms with Crippen LogP contribution in [0.4, 0.5) is 13.2 Å². The third-order valence-corrected chi connectivity index (χ3v) is 5.33. The predicted octanol–water partition coefficient (Wildman–Crippen LogP) is 3.87. The summed E-state index contributed by atoms with van der Waals surface area (Å²) in [6, 6.07) is 13.2. The van der Waals surface area contributed by atoms with Crippen LogP contribution in [0.5, 0.6) is 0 Å². The van der Waals surface area contributed by atoms with E-state index in [1.807, 2.05) is 6.07 Å². The Morgan fingerprint density at radius 1 is 1.18 bits per heavy atom. The van der Waals surface area contributed by atoms with Gasteiger partial charge in [0.2, 0.25) is 5.43 Å². The number of aliphatic hydroxyl groups is 1. The third kappa shape index (κ3) is 5.53. The van der Waals surface area contributed by atoms with E-state index in [9.17, 15) is 22.8 Å². The summed E-state index contributed by atoms with van der Waals surface area (Å²) in [5.41, 5.74) is -0.133. The van der Waals surface area contributed by atoms with Gasteiger partial charge in [0.05, 0.1) is 17.2 Å². The molecule has 0 spiro atoms. The van der Waals surface area contributed by atoms with E-state index in [1.165, 1.54) is 18.3 Å². The largest absolute Gasteiger partial charge is 0.416 e. The molecule has 176 valence electrons. The maximum absolute atomic E-state index is 13.3. The Balaban J connectivity index is 2.16. The molecule has 1 heterocycles. The number of carbonyl (C=O) groups excluding carboxylic acids is 1. The number of halogens is 3. The Morgan fingerprint density at radius 3 is 2.50 bits per heavy atom. The standard InChI is InChI=1S/C25H22F3N3O3/c1-16-22(19-4-2-5-20(12-19)25(26,27)28)23(33)21(24(34)30-10-3-11-32)15-31(16)14-18-8-6-17(13-29)7-9-18/h2,4-9,12,15,32H,3,10-11,14H2,1H3,(H,30,34). The van der Waals surface area contributed by atoms with Crippen LogP contribution in [0.2, 0.25) is 0 Å². The van der Waals surface area contributed by atoms with E-state index in [0.717, 1.165) is 17.7 Å². The molecule has 0 fully saturated rings. The van der Waals surface area contributed by atoms with Gasteiger partial charge >= 0.3 is 6.18 Å². The maximum Gasteiger partial charge on any atom is 0.416 e. The molecule has 9 heteroatoms. The smallest absolute Gasteiger partial charge is 0.396 e. The lowest BCUT2D eigenvalue weighted by Crippen LogP contribution is -2.32. The molecule has 3 rings (SSSR count). The van der Waals surface area contributed by atoms with Crippen LogP contribution < -0.4 is 10.7 Å². The van der Waals surface area contributed by atoms with E-state index in [2.05, 4.69) is 5.32 Å². The number of rotatable bonds is 7. The molecule has 0 aliphatic carbocycles. The van der Waals surface area contributed by atoms with Crippen molar-refractivity contribution in [2.45, 2.75) is 26.1 Å². The summed E-state index contributed by atoms with van der Waals surface area (Å²) in [5.74, 6) is -0.680. The molecule has 0 saturated heterocycles. The average Bonchev–Trinajstić information content (AvgIpc) is 2.81. The minimum absolute atomic E-state index is 0.00504. The second kappa shape index (κ2) is 10.4. The summed E-state index contributed by atoms with van der Waals surface area (Å²) < 4.78 is 41.5. The van der Waals surface area contributed by atoms with Gasteiger partial charge < -0.3 is 15.0 Å². The van der Waals surface area contributed by atoms with Crippen LogP contribution in [0.1, 0.15) is 39.2 Å². The van der Waals surface area contributed by atoms with Crippen LogP contribution in [0, 0.1) is 18.3 Å². The molecule has 34 heavy (non-hydrogen) atoms. The van der Waals surface area contributed by atoms with E-state index < -0.39 is 23.1 Å². The zero-order chi connectivity index (χ0) is 24.9. The van der Waals surface area contributed by atoms with Crippen LogP contribution in [0.25, 0.3) is 11.1 Å². The number of pyridine rings is 1. The summed E-state index contributed by atoms with van der Waals surface area (Å²) >= 11 is 0. The van der Waals surface area contributed by atoms with Crippen molar-refractivity contribution in [2.24, 2.45) is 0 Å². The van der Waals surface area contributed by atoms with E-state index >= 15 is 0 Å². The van der Waals surface area contributed by atoms with Crippen molar-refractivity contribution in [3.05, 3.63) is 92.9 Å². The normalized spacial score (nSPS) is 11.2. The molecule has 0 bridgehead atoms. The Bertz CT molecular complexity index is 1290. The van der Waals surface area contributed by atoms with E-state index in [1.54, 1.807) is 35.8 Å². The fourth-order valence-corrected chi connectivity index (χ4v) is 3.53. The number of alkyl halides is 3. The third-order valence-electron chi connectivity index (χ3n) is 5.33. The Kier molecular flexibility index (Phi) is 7.54. The molecule has 1 amide bonds. The van der Waals surface area contributed by atoms with Gasteiger partial charge in [0.15, 0.2) is 0 Å². The van der Waals surface area contributed by atoms with Crippen LogP contribution >= 0.6 is 0 Å². The monoisotopic (exact) mass is 469 g/mol. The number of nitriles is 1. The van der Waals surface area contributed by atoms with Crippen molar-refractivity contribution >= 4 is 5.91 Å². The van der Waals surface area contributed by atoms with E-state index in [-0.39, 0.29) is 42.8 Å². The summed E-state index contributed by atoms with van der Waals surface area (Å²) in [4.78, 5) is 26.0. The lowest BCUT2D eigenvalue weighted by atomic mass is 9.98. The van der Waals surface area contributed by atoms with Gasteiger partial charge in [0.1, 0.15) is 5.56 Å². The number of nitrogens with one attached hydrogen (secondary N) is 1. The van der Waals surface area contributed by atoms with Gasteiger partial charge in [-0.3, -0.25) is 9.59 Å². The van der Waals surface area contributed by atoms with Crippen LogP contribution in [-0.2, 0) is 12.7 Å². The molecule has 3 aromatic rings. The van der Waals surface area contributed by atoms with E-state index in [0.29, 0.717) is 11.3 Å². The lowest BCUT2D eigenvalue weighted by molar-refractivity contribution is -0.137. The molecule has 2 N–H and O–H groups in total. The molecule has 6 nitrogen and oxygen atoms in total. The first-order valence-electron chi connectivity index (χ1n) is 10.5. The molecular weight excluding hydrogens is 447 g/mol. The number of carbonyl (C=O) groups is 1. The van der Waals surface area contributed by atoms with Crippen molar-refractivity contribution in [3.8, 4) is 17.2 Å². The zero-order valence-corrected chi connectivity index (χ0v) is 18.3. The quantitative estimate of drug-likeness (QED) is 0.514. The van der Waals surface area contributed by atoms with Gasteiger partial charge in [-0.1, -0.05) is 24.3 Å². The molecule has 2 aromatic carbocycles. The highest BCUT2D eigenvalue weighted by Crippen LogP contribution is 2.32. The maximum atomic E-state index is 13.3. The SMILES string of the molecule is Cc1c(-c2cccc(C(F)(F)F)c2)c(=O)c(C(=O)NCCCO)cn1Cc1ccc(C#N)cc1. The number of hydrogen-bond acceptors (Lipinski definition) is 4. The van der Waals surface area contributed by atoms with Gasteiger partial charge in [-0.2, -0.15) is 18.4 Å². The first-order chi connectivity index (χ1) is 16.2. The Morgan fingerprint density at radius 2 is 1.88 bits per heavy atom. The van der Waals surface area contributed by atoms with Crippen LogP contribution in [-0.4, -0.2) is 28.7 Å². The summed E-state index contributed by atoms with van der Waals surface area (Å²) in [5, 5.41) is 20.5. The van der Waals surface area contributed by atoms with Gasteiger partial charge in [-0.25, -0.2) is 0 Å². The van der Waals surface area contributed by atoms with Crippen molar-refractivity contribution in [1.82, 2.24) is 9.88 Å². The molecule has 0 saturated carbocycles. The number of nitrogens with zero attached hydrogens (tertiary/aromatic N) is 2. The Labute approximate surface area is 193 Å². The highest BCUT2D eigenvalue weighted by molar-refractivity contribution is 5.95. The highest BCUT2D eigenvalue weighted by atomic mass is 19.4. The first-order valence-corrected chi connectivity index (χ1v) is 10.5. The number of aliphatic hydroxyl groups excluding tert-OH is 1. The fourth-order valence-electron chi connectivity index (χ4n) is 3.53. The molecule has 0 unspecified atom stereocenters. The molecule has 0 atom stereocenters. The lowest BCUT2D eigenvalue weighted by Gasteiger charge is -2.18. The zero-order valence-electron chi connectivity index (χ0n) is 18.3. The minimum Gasteiger partial charge on any atom is -0.396 e.